The van der Waals surface area contributed by atoms with Crippen LogP contribution in [0.4, 0.5) is 4.39 Å². The summed E-state index contributed by atoms with van der Waals surface area (Å²) in [5, 5.41) is 15.4. The lowest BCUT2D eigenvalue weighted by atomic mass is 10.1. The number of nitrogens with zero attached hydrogens (tertiary/aromatic N) is 4. The molecule has 122 valence electrons. The van der Waals surface area contributed by atoms with E-state index in [0.717, 1.165) is 16.4 Å². The lowest BCUT2D eigenvalue weighted by Gasteiger charge is -2.03. The van der Waals surface area contributed by atoms with Crippen molar-refractivity contribution in [3.63, 3.8) is 0 Å². The van der Waals surface area contributed by atoms with E-state index in [9.17, 15) is 14.0 Å². The molecule has 24 heavy (non-hydrogen) atoms. The molecule has 3 aromatic rings. The van der Waals surface area contributed by atoms with E-state index in [-0.39, 0.29) is 12.1 Å². The third-order valence-electron chi connectivity index (χ3n) is 3.01. The number of ketones is 1. The second-order valence-corrected chi connectivity index (χ2v) is 5.53. The number of benzene rings is 1. The minimum Gasteiger partial charge on any atom is -0.456 e. The van der Waals surface area contributed by atoms with Gasteiger partial charge in [0, 0.05) is 16.5 Å². The fourth-order valence-corrected chi connectivity index (χ4v) is 2.50. The third-order valence-corrected chi connectivity index (χ3v) is 3.70. The maximum atomic E-state index is 13.0. The Morgan fingerprint density at radius 3 is 2.92 bits per heavy atom. The molecule has 1 aromatic carbocycles. The molecule has 9 heteroatoms. The fourth-order valence-electron chi connectivity index (χ4n) is 1.87. The average molecular weight is 346 g/mol. The molecule has 0 aliphatic heterocycles. The standard InChI is InChI=1S/C15H11FN4O3S/c16-12-3-1-2-10(6-12)13(21)8-23-14(22)7-20-18-15(17-19-20)11-4-5-24-9-11/h1-6,9H,7-8H2. The predicted octanol–water partition coefficient (Wildman–Crippen LogP) is 1.97. The van der Waals surface area contributed by atoms with Gasteiger partial charge in [-0.3, -0.25) is 4.79 Å². The number of carbonyl (C=O) groups is 2. The molecule has 0 N–H and O–H groups in total. The van der Waals surface area contributed by atoms with Gasteiger partial charge in [0.2, 0.25) is 5.82 Å². The van der Waals surface area contributed by atoms with Gasteiger partial charge < -0.3 is 4.74 Å². The summed E-state index contributed by atoms with van der Waals surface area (Å²) in [6.07, 6.45) is 0. The summed E-state index contributed by atoms with van der Waals surface area (Å²) in [5.41, 5.74) is 0.947. The van der Waals surface area contributed by atoms with Crippen molar-refractivity contribution < 1.29 is 18.7 Å². The highest BCUT2D eigenvalue weighted by atomic mass is 32.1. The zero-order chi connectivity index (χ0) is 16.9. The number of hydrogen-bond acceptors (Lipinski definition) is 7. The van der Waals surface area contributed by atoms with E-state index in [1.54, 1.807) is 0 Å². The normalized spacial score (nSPS) is 10.5. The van der Waals surface area contributed by atoms with Crippen molar-refractivity contribution in [3.8, 4) is 11.4 Å². The van der Waals surface area contributed by atoms with Crippen LogP contribution in [0.2, 0.25) is 0 Å². The first-order valence-electron chi connectivity index (χ1n) is 6.86. The molecular weight excluding hydrogens is 335 g/mol. The van der Waals surface area contributed by atoms with Crippen LogP contribution in [0.3, 0.4) is 0 Å². The van der Waals surface area contributed by atoms with Gasteiger partial charge in [-0.15, -0.1) is 10.2 Å². The Balaban J connectivity index is 1.53. The topological polar surface area (TPSA) is 87.0 Å². The van der Waals surface area contributed by atoms with Gasteiger partial charge in [-0.05, 0) is 28.8 Å². The molecule has 0 saturated heterocycles. The van der Waals surface area contributed by atoms with E-state index in [2.05, 4.69) is 15.4 Å². The number of rotatable bonds is 6. The van der Waals surface area contributed by atoms with Crippen molar-refractivity contribution in [3.05, 3.63) is 52.5 Å². The first-order valence-corrected chi connectivity index (χ1v) is 7.81. The summed E-state index contributed by atoms with van der Waals surface area (Å²) in [6, 6.07) is 7.01. The van der Waals surface area contributed by atoms with Crippen LogP contribution in [0.15, 0.2) is 41.1 Å². The van der Waals surface area contributed by atoms with E-state index >= 15 is 0 Å². The van der Waals surface area contributed by atoms with Gasteiger partial charge >= 0.3 is 5.97 Å². The lowest BCUT2D eigenvalue weighted by molar-refractivity contribution is -0.143. The summed E-state index contributed by atoms with van der Waals surface area (Å²) in [7, 11) is 0. The average Bonchev–Trinajstić information content (AvgIpc) is 3.23. The van der Waals surface area contributed by atoms with Crippen LogP contribution in [-0.2, 0) is 16.1 Å². The van der Waals surface area contributed by atoms with E-state index in [4.69, 9.17) is 4.74 Å². The SMILES string of the molecule is O=C(Cn1nnc(-c2ccsc2)n1)OCC(=O)c1cccc(F)c1. The van der Waals surface area contributed by atoms with Crippen LogP contribution in [0.5, 0.6) is 0 Å². The summed E-state index contributed by atoms with van der Waals surface area (Å²) in [6.45, 7) is -0.748. The predicted molar refractivity (Wildman–Crippen MR) is 82.8 cm³/mol. The Morgan fingerprint density at radius 2 is 2.17 bits per heavy atom. The molecular formula is C15H11FN4O3S. The number of carbonyl (C=O) groups excluding carboxylic acids is 2. The van der Waals surface area contributed by atoms with Gasteiger partial charge in [0.15, 0.2) is 18.9 Å². The molecule has 0 aliphatic rings. The minimum atomic E-state index is -0.686. The maximum absolute atomic E-state index is 13.0. The third kappa shape index (κ3) is 3.87. The monoisotopic (exact) mass is 346 g/mol. The van der Waals surface area contributed by atoms with E-state index < -0.39 is 24.2 Å². The summed E-state index contributed by atoms with van der Waals surface area (Å²) < 4.78 is 17.9. The Kier molecular flexibility index (Phi) is 4.71. The molecule has 0 amide bonds. The van der Waals surface area contributed by atoms with Crippen LogP contribution in [0.1, 0.15) is 10.4 Å². The molecule has 0 unspecified atom stereocenters. The molecule has 2 heterocycles. The van der Waals surface area contributed by atoms with Gasteiger partial charge in [-0.25, -0.2) is 9.18 Å². The van der Waals surface area contributed by atoms with Crippen molar-refractivity contribution in [2.45, 2.75) is 6.54 Å². The number of thiophene rings is 1. The molecule has 0 fully saturated rings. The zero-order valence-corrected chi connectivity index (χ0v) is 13.1. The summed E-state index contributed by atoms with van der Waals surface area (Å²) in [5.74, 6) is -1.30. The van der Waals surface area contributed by atoms with Crippen LogP contribution in [0, 0.1) is 5.82 Å². The van der Waals surface area contributed by atoms with Gasteiger partial charge in [0.1, 0.15) is 5.82 Å². The number of aromatic nitrogens is 4. The van der Waals surface area contributed by atoms with Gasteiger partial charge in [0.05, 0.1) is 0 Å². The molecule has 0 aliphatic carbocycles. The Hall–Kier alpha value is -2.94. The Labute approximate surface area is 139 Å². The lowest BCUT2D eigenvalue weighted by Crippen LogP contribution is -2.19. The molecule has 0 bridgehead atoms. The Bertz CT molecular complexity index is 863. The number of ether oxygens (including phenoxy) is 1. The number of halogens is 1. The van der Waals surface area contributed by atoms with Gasteiger partial charge in [0.25, 0.3) is 0 Å². The quantitative estimate of drug-likeness (QED) is 0.501. The molecule has 0 saturated carbocycles. The van der Waals surface area contributed by atoms with Gasteiger partial charge in [-0.1, -0.05) is 12.1 Å². The van der Waals surface area contributed by atoms with Gasteiger partial charge in [-0.2, -0.15) is 16.1 Å². The molecule has 3 rings (SSSR count). The number of hydrogen-bond donors (Lipinski definition) is 0. The zero-order valence-electron chi connectivity index (χ0n) is 12.3. The highest BCUT2D eigenvalue weighted by Crippen LogP contribution is 2.16. The van der Waals surface area contributed by atoms with Crippen LogP contribution >= 0.6 is 11.3 Å². The molecule has 0 spiro atoms. The second-order valence-electron chi connectivity index (χ2n) is 4.75. The molecule has 0 radical (unpaired) electrons. The van der Waals surface area contributed by atoms with E-state index in [0.29, 0.717) is 5.82 Å². The van der Waals surface area contributed by atoms with E-state index in [1.807, 2.05) is 16.8 Å². The largest absolute Gasteiger partial charge is 0.456 e. The second kappa shape index (κ2) is 7.09. The molecule has 0 atom stereocenters. The first-order chi connectivity index (χ1) is 11.6. The van der Waals surface area contributed by atoms with Crippen molar-refractivity contribution >= 4 is 23.1 Å². The summed E-state index contributed by atoms with van der Waals surface area (Å²) >= 11 is 1.49. The van der Waals surface area contributed by atoms with Crippen LogP contribution in [-0.4, -0.2) is 38.6 Å². The van der Waals surface area contributed by atoms with Crippen molar-refractivity contribution in [1.29, 1.82) is 0 Å². The highest BCUT2D eigenvalue weighted by Gasteiger charge is 2.13. The fraction of sp³-hybridized carbons (Fsp3) is 0.133. The van der Waals surface area contributed by atoms with E-state index in [1.165, 1.54) is 29.5 Å². The van der Waals surface area contributed by atoms with Crippen LogP contribution < -0.4 is 0 Å². The van der Waals surface area contributed by atoms with Crippen molar-refractivity contribution in [1.82, 2.24) is 20.2 Å². The molecule has 7 nitrogen and oxygen atoms in total. The maximum Gasteiger partial charge on any atom is 0.330 e. The number of Topliss-reactive ketones (excluding diaryl/α,β-unsaturated/α-hetero) is 1. The van der Waals surface area contributed by atoms with Crippen molar-refractivity contribution in [2.75, 3.05) is 6.61 Å². The number of esters is 1. The van der Waals surface area contributed by atoms with Crippen molar-refractivity contribution in [2.24, 2.45) is 0 Å². The smallest absolute Gasteiger partial charge is 0.330 e. The van der Waals surface area contributed by atoms with Crippen LogP contribution in [0.25, 0.3) is 11.4 Å². The summed E-state index contributed by atoms with van der Waals surface area (Å²) in [4.78, 5) is 24.6. The minimum absolute atomic E-state index is 0.140. The first kappa shape index (κ1) is 15.9. The Morgan fingerprint density at radius 1 is 1.29 bits per heavy atom. The highest BCUT2D eigenvalue weighted by molar-refractivity contribution is 7.08. The molecule has 2 aromatic heterocycles. The number of tetrazole rings is 1.